The van der Waals surface area contributed by atoms with Crippen molar-refractivity contribution in [2.75, 3.05) is 32.8 Å². The molecular formula is C10H14BrN3O2. The highest BCUT2D eigenvalue weighted by Crippen LogP contribution is 2.00. The van der Waals surface area contributed by atoms with Crippen molar-refractivity contribution in [3.63, 3.8) is 0 Å². The Balaban J connectivity index is 1.94. The lowest BCUT2D eigenvalue weighted by atomic mass is 10.4. The summed E-state index contributed by atoms with van der Waals surface area (Å²) < 4.78 is 7.40. The van der Waals surface area contributed by atoms with Crippen LogP contribution in [0, 0.1) is 0 Å². The minimum Gasteiger partial charge on any atom is -0.379 e. The van der Waals surface area contributed by atoms with Crippen molar-refractivity contribution in [1.82, 2.24) is 14.5 Å². The van der Waals surface area contributed by atoms with Crippen LogP contribution in [0.4, 0.5) is 0 Å². The molecule has 0 amide bonds. The molecule has 0 atom stereocenters. The third kappa shape index (κ3) is 2.90. The Morgan fingerprint density at radius 2 is 2.12 bits per heavy atom. The van der Waals surface area contributed by atoms with Crippen LogP contribution >= 0.6 is 15.9 Å². The largest absolute Gasteiger partial charge is 0.379 e. The first-order chi connectivity index (χ1) is 7.77. The first kappa shape index (κ1) is 11.8. The number of rotatable bonds is 3. The van der Waals surface area contributed by atoms with E-state index < -0.39 is 0 Å². The molecule has 1 fully saturated rings. The minimum atomic E-state index is -0.0248. The third-order valence-electron chi connectivity index (χ3n) is 2.62. The average molecular weight is 288 g/mol. The van der Waals surface area contributed by atoms with E-state index in [2.05, 4.69) is 25.8 Å². The molecule has 0 saturated carbocycles. The number of hydrogen-bond acceptors (Lipinski definition) is 4. The number of halogens is 1. The molecule has 1 saturated heterocycles. The van der Waals surface area contributed by atoms with Crippen molar-refractivity contribution in [1.29, 1.82) is 0 Å². The quantitative estimate of drug-likeness (QED) is 0.804. The van der Waals surface area contributed by atoms with Gasteiger partial charge in [-0.2, -0.15) is 0 Å². The molecule has 0 aliphatic carbocycles. The van der Waals surface area contributed by atoms with Gasteiger partial charge in [-0.15, -0.1) is 0 Å². The summed E-state index contributed by atoms with van der Waals surface area (Å²) >= 11 is 3.18. The van der Waals surface area contributed by atoms with Gasteiger partial charge in [-0.3, -0.25) is 14.3 Å². The van der Waals surface area contributed by atoms with Gasteiger partial charge < -0.3 is 4.74 Å². The molecule has 1 aliphatic heterocycles. The Morgan fingerprint density at radius 1 is 1.38 bits per heavy atom. The van der Waals surface area contributed by atoms with E-state index >= 15 is 0 Å². The lowest BCUT2D eigenvalue weighted by molar-refractivity contribution is 0.0362. The Bertz CT molecular complexity index is 401. The van der Waals surface area contributed by atoms with E-state index in [0.717, 1.165) is 32.8 Å². The topological polar surface area (TPSA) is 47.4 Å². The zero-order chi connectivity index (χ0) is 11.4. The molecule has 5 nitrogen and oxygen atoms in total. The van der Waals surface area contributed by atoms with Crippen LogP contribution < -0.4 is 5.56 Å². The molecule has 1 aliphatic rings. The second-order valence-corrected chi connectivity index (χ2v) is 4.55. The van der Waals surface area contributed by atoms with Crippen LogP contribution in [0.1, 0.15) is 0 Å². The second kappa shape index (κ2) is 5.56. The lowest BCUT2D eigenvalue weighted by Crippen LogP contribution is -2.39. The normalized spacial score (nSPS) is 17.6. The smallest absolute Gasteiger partial charge is 0.267 e. The van der Waals surface area contributed by atoms with E-state index in [1.165, 1.54) is 6.20 Å². The zero-order valence-corrected chi connectivity index (χ0v) is 10.5. The molecule has 1 aromatic rings. The van der Waals surface area contributed by atoms with Crippen molar-refractivity contribution in [2.24, 2.45) is 0 Å². The summed E-state index contributed by atoms with van der Waals surface area (Å²) in [5, 5.41) is 0. The van der Waals surface area contributed by atoms with Gasteiger partial charge in [-0.1, -0.05) is 0 Å². The molecule has 16 heavy (non-hydrogen) atoms. The molecular weight excluding hydrogens is 274 g/mol. The molecule has 88 valence electrons. The van der Waals surface area contributed by atoms with E-state index in [-0.39, 0.29) is 5.56 Å². The molecule has 6 heteroatoms. The van der Waals surface area contributed by atoms with Crippen LogP contribution in [0.2, 0.25) is 0 Å². The molecule has 2 heterocycles. The molecule has 2 rings (SSSR count). The first-order valence-corrected chi connectivity index (χ1v) is 6.07. The minimum absolute atomic E-state index is 0.0248. The summed E-state index contributed by atoms with van der Waals surface area (Å²) in [7, 11) is 0. The molecule has 0 bridgehead atoms. The molecule has 0 N–H and O–H groups in total. The maximum absolute atomic E-state index is 11.7. The summed E-state index contributed by atoms with van der Waals surface area (Å²) in [5.74, 6) is 0. The Hall–Kier alpha value is -0.720. The van der Waals surface area contributed by atoms with Gasteiger partial charge in [0.15, 0.2) is 0 Å². The molecule has 0 aromatic carbocycles. The molecule has 1 aromatic heterocycles. The fraction of sp³-hybridized carbons (Fsp3) is 0.600. The summed E-state index contributed by atoms with van der Waals surface area (Å²) in [5.41, 5.74) is -0.0248. The van der Waals surface area contributed by atoms with Gasteiger partial charge in [0.2, 0.25) is 0 Å². The highest BCUT2D eigenvalue weighted by Gasteiger charge is 2.10. The van der Waals surface area contributed by atoms with E-state index in [1.807, 2.05) is 0 Å². The van der Waals surface area contributed by atoms with E-state index in [4.69, 9.17) is 4.74 Å². The Morgan fingerprint density at radius 3 is 2.88 bits per heavy atom. The van der Waals surface area contributed by atoms with Gasteiger partial charge in [0.25, 0.3) is 5.56 Å². The Labute approximate surface area is 102 Å². The van der Waals surface area contributed by atoms with Gasteiger partial charge >= 0.3 is 0 Å². The van der Waals surface area contributed by atoms with Gasteiger partial charge in [-0.05, 0) is 15.9 Å². The van der Waals surface area contributed by atoms with Gasteiger partial charge in [0.05, 0.1) is 19.5 Å². The third-order valence-corrected chi connectivity index (χ3v) is 3.16. The number of nitrogens with zero attached hydrogens (tertiary/aromatic N) is 3. The maximum atomic E-state index is 11.7. The van der Waals surface area contributed by atoms with Crippen molar-refractivity contribution in [3.8, 4) is 0 Å². The van der Waals surface area contributed by atoms with E-state index in [9.17, 15) is 4.79 Å². The first-order valence-electron chi connectivity index (χ1n) is 5.27. The van der Waals surface area contributed by atoms with Gasteiger partial charge in [0, 0.05) is 32.4 Å². The van der Waals surface area contributed by atoms with Crippen LogP contribution in [0.25, 0.3) is 0 Å². The summed E-state index contributed by atoms with van der Waals surface area (Å²) in [4.78, 5) is 17.9. The van der Waals surface area contributed by atoms with Crippen molar-refractivity contribution >= 4 is 15.9 Å². The predicted molar refractivity (Wildman–Crippen MR) is 63.5 cm³/mol. The SMILES string of the molecule is O=c1c(Br)cncn1CCN1CCOCC1. The van der Waals surface area contributed by atoms with Crippen LogP contribution in [-0.4, -0.2) is 47.3 Å². The van der Waals surface area contributed by atoms with Crippen LogP contribution in [0.5, 0.6) is 0 Å². The van der Waals surface area contributed by atoms with Crippen molar-refractivity contribution in [3.05, 3.63) is 27.4 Å². The van der Waals surface area contributed by atoms with Crippen LogP contribution in [0.15, 0.2) is 21.8 Å². The molecule has 0 spiro atoms. The van der Waals surface area contributed by atoms with Crippen LogP contribution in [0.3, 0.4) is 0 Å². The van der Waals surface area contributed by atoms with E-state index in [1.54, 1.807) is 10.9 Å². The maximum Gasteiger partial charge on any atom is 0.267 e. The summed E-state index contributed by atoms with van der Waals surface area (Å²) in [6.07, 6.45) is 3.10. The van der Waals surface area contributed by atoms with Crippen molar-refractivity contribution in [2.45, 2.75) is 6.54 Å². The fourth-order valence-electron chi connectivity index (χ4n) is 1.66. The van der Waals surface area contributed by atoms with Gasteiger partial charge in [0.1, 0.15) is 4.47 Å². The van der Waals surface area contributed by atoms with E-state index in [0.29, 0.717) is 11.0 Å². The number of morpholine rings is 1. The average Bonchev–Trinajstić information content (AvgIpc) is 2.32. The van der Waals surface area contributed by atoms with Gasteiger partial charge in [-0.25, -0.2) is 4.98 Å². The van der Waals surface area contributed by atoms with Crippen LogP contribution in [-0.2, 0) is 11.3 Å². The number of hydrogen-bond donors (Lipinski definition) is 0. The van der Waals surface area contributed by atoms with Crippen molar-refractivity contribution < 1.29 is 4.74 Å². The fourth-order valence-corrected chi connectivity index (χ4v) is 2.00. The number of aromatic nitrogens is 2. The Kier molecular flexibility index (Phi) is 4.09. The summed E-state index contributed by atoms with van der Waals surface area (Å²) in [6, 6.07) is 0. The standard InChI is InChI=1S/C10H14BrN3O2/c11-9-7-12-8-14(10(9)15)2-1-13-3-5-16-6-4-13/h7-8H,1-6H2. The molecule has 0 radical (unpaired) electrons. The monoisotopic (exact) mass is 287 g/mol. The summed E-state index contributed by atoms with van der Waals surface area (Å²) in [6.45, 7) is 4.98. The predicted octanol–water partition coefficient (Wildman–Crippen LogP) is 0.338. The highest BCUT2D eigenvalue weighted by molar-refractivity contribution is 9.10. The zero-order valence-electron chi connectivity index (χ0n) is 8.93. The highest BCUT2D eigenvalue weighted by atomic mass is 79.9. The number of ether oxygens (including phenoxy) is 1. The second-order valence-electron chi connectivity index (χ2n) is 3.69. The lowest BCUT2D eigenvalue weighted by Gasteiger charge is -2.26. The molecule has 0 unspecified atom stereocenters.